The highest BCUT2D eigenvalue weighted by Gasteiger charge is 2.15. The molecule has 36 heavy (non-hydrogen) atoms. The molecule has 1 heterocycles. The van der Waals surface area contributed by atoms with Crippen LogP contribution in [0.2, 0.25) is 0 Å². The Labute approximate surface area is 217 Å². The van der Waals surface area contributed by atoms with Crippen LogP contribution < -0.4 is 0 Å². The molecule has 0 aliphatic heterocycles. The monoisotopic (exact) mass is 507 g/mol. The number of aromatic nitrogens is 2. The van der Waals surface area contributed by atoms with Crippen molar-refractivity contribution < 1.29 is 19.2 Å². The number of aliphatic carboxylic acids is 1. The van der Waals surface area contributed by atoms with Crippen molar-refractivity contribution in [2.45, 2.75) is 26.5 Å². The molecular formula is C28H30ClN3O4. The van der Waals surface area contributed by atoms with Crippen LogP contribution in [0.15, 0.2) is 71.3 Å². The van der Waals surface area contributed by atoms with Gasteiger partial charge in [0.25, 0.3) is 5.89 Å². The van der Waals surface area contributed by atoms with Crippen molar-refractivity contribution in [3.8, 4) is 34.0 Å². The molecular weight excluding hydrogens is 478 g/mol. The Balaban J connectivity index is 0.00000361. The van der Waals surface area contributed by atoms with Crippen molar-refractivity contribution in [1.29, 1.82) is 0 Å². The van der Waals surface area contributed by atoms with Gasteiger partial charge in [-0.25, -0.2) is 0 Å². The number of nitrogens with zero attached hydrogens (tertiary/aromatic N) is 3. The third kappa shape index (κ3) is 6.37. The number of carboxylic acid groups (broad SMARTS) is 1. The Hall–Kier alpha value is -3.52. The molecule has 0 aliphatic carbocycles. The van der Waals surface area contributed by atoms with Gasteiger partial charge in [0.2, 0.25) is 5.82 Å². The minimum absolute atomic E-state index is 0. The Bertz CT molecular complexity index is 1320. The molecule has 0 saturated carbocycles. The van der Waals surface area contributed by atoms with E-state index < -0.39 is 5.97 Å². The number of methoxy groups -OCH3 is 1. The summed E-state index contributed by atoms with van der Waals surface area (Å²) in [6, 6.07) is 22.2. The van der Waals surface area contributed by atoms with E-state index in [0.29, 0.717) is 24.9 Å². The second-order valence-corrected chi connectivity index (χ2v) is 8.51. The fraction of sp³-hybridized carbons (Fsp3) is 0.250. The predicted octanol–water partition coefficient (Wildman–Crippen LogP) is 5.72. The maximum absolute atomic E-state index is 10.9. The highest BCUT2D eigenvalue weighted by atomic mass is 35.5. The van der Waals surface area contributed by atoms with Crippen molar-refractivity contribution in [3.63, 3.8) is 0 Å². The van der Waals surface area contributed by atoms with Crippen molar-refractivity contribution in [3.05, 3.63) is 83.4 Å². The molecule has 0 amide bonds. The largest absolute Gasteiger partial charge is 0.480 e. The van der Waals surface area contributed by atoms with Gasteiger partial charge < -0.3 is 14.4 Å². The Morgan fingerprint density at radius 3 is 2.53 bits per heavy atom. The van der Waals surface area contributed by atoms with Crippen LogP contribution >= 0.6 is 12.4 Å². The molecule has 0 unspecified atom stereocenters. The van der Waals surface area contributed by atoms with Crippen LogP contribution in [0.5, 0.6) is 0 Å². The minimum atomic E-state index is -0.858. The number of aryl methyl sites for hydroxylation is 1. The highest BCUT2D eigenvalue weighted by molar-refractivity contribution is 5.85. The zero-order valence-corrected chi connectivity index (χ0v) is 21.4. The van der Waals surface area contributed by atoms with Crippen LogP contribution in [0.25, 0.3) is 34.0 Å². The summed E-state index contributed by atoms with van der Waals surface area (Å²) in [6.07, 6.45) is 0.947. The molecule has 0 spiro atoms. The maximum atomic E-state index is 10.9. The molecule has 4 rings (SSSR count). The summed E-state index contributed by atoms with van der Waals surface area (Å²) in [5, 5.41) is 13.2. The zero-order chi connectivity index (χ0) is 24.8. The molecule has 0 aliphatic rings. The number of carboxylic acids is 1. The Kier molecular flexibility index (Phi) is 9.36. The molecule has 188 valence electrons. The fourth-order valence-corrected chi connectivity index (χ4v) is 4.22. The summed E-state index contributed by atoms with van der Waals surface area (Å²) < 4.78 is 11.1. The number of carbonyl (C=O) groups is 1. The van der Waals surface area contributed by atoms with E-state index in [9.17, 15) is 4.79 Å². The fourth-order valence-electron chi connectivity index (χ4n) is 4.22. The number of hydrogen-bond donors (Lipinski definition) is 1. The van der Waals surface area contributed by atoms with Crippen molar-refractivity contribution >= 4 is 18.4 Å². The van der Waals surface area contributed by atoms with Gasteiger partial charge in [-0.05, 0) is 59.5 Å². The van der Waals surface area contributed by atoms with E-state index in [0.717, 1.165) is 34.2 Å². The van der Waals surface area contributed by atoms with Crippen LogP contribution in [0.1, 0.15) is 23.6 Å². The van der Waals surface area contributed by atoms with Gasteiger partial charge in [-0.15, -0.1) is 12.4 Å². The van der Waals surface area contributed by atoms with Crippen LogP contribution in [0.3, 0.4) is 0 Å². The van der Waals surface area contributed by atoms with Crippen LogP contribution in [-0.2, 0) is 29.1 Å². The van der Waals surface area contributed by atoms with E-state index in [4.69, 9.17) is 14.4 Å². The summed E-state index contributed by atoms with van der Waals surface area (Å²) in [5.41, 5.74) is 7.27. The first-order valence-corrected chi connectivity index (χ1v) is 11.5. The molecule has 0 fully saturated rings. The lowest BCUT2D eigenvalue weighted by atomic mass is 9.93. The molecule has 1 N–H and O–H groups in total. The molecule has 0 bridgehead atoms. The molecule has 7 nitrogen and oxygen atoms in total. The maximum Gasteiger partial charge on any atom is 0.317 e. The van der Waals surface area contributed by atoms with Crippen molar-refractivity contribution in [2.75, 3.05) is 20.7 Å². The SMILES string of the molecule is CCc1ccccc1-c1ccc(-c2nc(-c3cccc(CN(C)CC(=O)O)c3)no2)cc1COC.Cl. The van der Waals surface area contributed by atoms with Gasteiger partial charge in [-0.3, -0.25) is 9.69 Å². The Morgan fingerprint density at radius 2 is 1.78 bits per heavy atom. The molecule has 1 aromatic heterocycles. The quantitative estimate of drug-likeness (QED) is 0.293. The predicted molar refractivity (Wildman–Crippen MR) is 142 cm³/mol. The smallest absolute Gasteiger partial charge is 0.317 e. The van der Waals surface area contributed by atoms with Crippen LogP contribution in [0, 0.1) is 0 Å². The lowest BCUT2D eigenvalue weighted by molar-refractivity contribution is -0.138. The summed E-state index contributed by atoms with van der Waals surface area (Å²) in [7, 11) is 3.46. The van der Waals surface area contributed by atoms with Crippen molar-refractivity contribution in [1.82, 2.24) is 15.0 Å². The number of halogens is 1. The van der Waals surface area contributed by atoms with E-state index in [-0.39, 0.29) is 19.0 Å². The number of ether oxygens (including phenoxy) is 1. The van der Waals surface area contributed by atoms with E-state index in [1.807, 2.05) is 36.4 Å². The average molecular weight is 508 g/mol. The summed E-state index contributed by atoms with van der Waals surface area (Å²) >= 11 is 0. The molecule has 3 aromatic carbocycles. The van der Waals surface area contributed by atoms with Gasteiger partial charge in [0.15, 0.2) is 0 Å². The first-order valence-electron chi connectivity index (χ1n) is 11.5. The summed E-state index contributed by atoms with van der Waals surface area (Å²) in [5.74, 6) is 0.0565. The first-order chi connectivity index (χ1) is 17.0. The third-order valence-electron chi connectivity index (χ3n) is 5.81. The number of benzene rings is 3. The molecule has 0 radical (unpaired) electrons. The molecule has 0 saturated heterocycles. The topological polar surface area (TPSA) is 88.7 Å². The molecule has 4 aromatic rings. The van der Waals surface area contributed by atoms with E-state index in [1.165, 1.54) is 11.1 Å². The molecule has 0 atom stereocenters. The number of likely N-dealkylation sites (N-methyl/N-ethyl adjacent to an activating group) is 1. The van der Waals surface area contributed by atoms with Crippen LogP contribution in [-0.4, -0.2) is 46.8 Å². The van der Waals surface area contributed by atoms with E-state index in [2.05, 4.69) is 47.4 Å². The van der Waals surface area contributed by atoms with Gasteiger partial charge in [-0.1, -0.05) is 60.6 Å². The normalized spacial score (nSPS) is 10.9. The lowest BCUT2D eigenvalue weighted by Crippen LogP contribution is -2.25. The summed E-state index contributed by atoms with van der Waals surface area (Å²) in [6.45, 7) is 3.10. The second-order valence-electron chi connectivity index (χ2n) is 8.51. The van der Waals surface area contributed by atoms with Crippen LogP contribution in [0.4, 0.5) is 0 Å². The Morgan fingerprint density at radius 1 is 1.00 bits per heavy atom. The molecule has 8 heteroatoms. The first kappa shape index (κ1) is 27.1. The number of rotatable bonds is 10. The summed E-state index contributed by atoms with van der Waals surface area (Å²) in [4.78, 5) is 17.3. The second kappa shape index (κ2) is 12.4. The standard InChI is InChI=1S/C28H29N3O4.ClH/c1-4-20-9-5-6-11-24(20)25-13-12-22(15-23(25)18-34-3)28-29-27(30-35-28)21-10-7-8-19(14-21)16-31(2)17-26(32)33;/h5-15H,4,16-18H2,1-3H3,(H,32,33);1H. The van der Waals surface area contributed by atoms with Gasteiger partial charge in [0.1, 0.15) is 0 Å². The van der Waals surface area contributed by atoms with E-state index >= 15 is 0 Å². The highest BCUT2D eigenvalue weighted by Crippen LogP contribution is 2.32. The average Bonchev–Trinajstić information content (AvgIpc) is 3.34. The minimum Gasteiger partial charge on any atom is -0.480 e. The lowest BCUT2D eigenvalue weighted by Gasteiger charge is -2.14. The zero-order valence-electron chi connectivity index (χ0n) is 20.6. The van der Waals surface area contributed by atoms with Gasteiger partial charge in [0, 0.05) is 24.8 Å². The van der Waals surface area contributed by atoms with Gasteiger partial charge in [0.05, 0.1) is 13.2 Å². The van der Waals surface area contributed by atoms with E-state index in [1.54, 1.807) is 19.1 Å². The van der Waals surface area contributed by atoms with Gasteiger partial charge in [-0.2, -0.15) is 4.98 Å². The third-order valence-corrected chi connectivity index (χ3v) is 5.81. The van der Waals surface area contributed by atoms with Gasteiger partial charge >= 0.3 is 5.97 Å². The number of hydrogen-bond acceptors (Lipinski definition) is 6. The van der Waals surface area contributed by atoms with Crippen molar-refractivity contribution in [2.24, 2.45) is 0 Å².